The first-order valence-electron chi connectivity index (χ1n) is 6.55. The van der Waals surface area contributed by atoms with Crippen molar-refractivity contribution in [1.82, 2.24) is 4.90 Å². The quantitative estimate of drug-likeness (QED) is 0.719. The largest absolute Gasteiger partial charge is 0.383 e. The molecule has 0 aliphatic rings. The summed E-state index contributed by atoms with van der Waals surface area (Å²) in [5.74, 6) is 0.150. The second-order valence-corrected chi connectivity index (χ2v) is 5.60. The summed E-state index contributed by atoms with van der Waals surface area (Å²) in [6.07, 6.45) is 0. The van der Waals surface area contributed by atoms with E-state index in [0.717, 1.165) is 16.6 Å². The number of ketones is 1. The highest BCUT2D eigenvalue weighted by Crippen LogP contribution is 2.15. The van der Waals surface area contributed by atoms with Gasteiger partial charge in [0.05, 0.1) is 12.6 Å². The van der Waals surface area contributed by atoms with E-state index in [1.165, 1.54) is 0 Å². The Labute approximate surface area is 124 Å². The van der Waals surface area contributed by atoms with Crippen molar-refractivity contribution in [2.24, 2.45) is 0 Å². The molecule has 0 fully saturated rings. The van der Waals surface area contributed by atoms with Crippen LogP contribution in [0.25, 0.3) is 0 Å². The molecule has 0 spiro atoms. The van der Waals surface area contributed by atoms with Crippen LogP contribution in [0.2, 0.25) is 0 Å². The van der Waals surface area contributed by atoms with Crippen molar-refractivity contribution in [1.29, 1.82) is 0 Å². The van der Waals surface area contributed by atoms with Gasteiger partial charge in [-0.05, 0) is 32.5 Å². The monoisotopic (exact) mass is 327 g/mol. The Bertz CT molecular complexity index is 405. The van der Waals surface area contributed by atoms with Crippen molar-refractivity contribution in [3.63, 3.8) is 0 Å². The fraction of sp³-hybridized carbons (Fsp3) is 0.533. The molecule has 0 aromatic heterocycles. The molecule has 0 aliphatic heterocycles. The van der Waals surface area contributed by atoms with Gasteiger partial charge in [0.25, 0.3) is 0 Å². The van der Waals surface area contributed by atoms with Gasteiger partial charge in [0.15, 0.2) is 5.78 Å². The Morgan fingerprint density at radius 1 is 1.32 bits per heavy atom. The van der Waals surface area contributed by atoms with Gasteiger partial charge in [-0.1, -0.05) is 35.0 Å². The number of methoxy groups -OCH3 is 1. The lowest BCUT2D eigenvalue weighted by molar-refractivity contribution is 0.0612. The third-order valence-corrected chi connectivity index (χ3v) is 3.87. The van der Waals surface area contributed by atoms with E-state index in [4.69, 9.17) is 4.74 Å². The number of Topliss-reactive ketones (excluding diaryl/α,β-unsaturated/α-hetero) is 1. The molecular weight excluding hydrogens is 306 g/mol. The fourth-order valence-electron chi connectivity index (χ4n) is 2.31. The van der Waals surface area contributed by atoms with Gasteiger partial charge >= 0.3 is 0 Å². The summed E-state index contributed by atoms with van der Waals surface area (Å²) in [7, 11) is 1.69. The molecule has 3 nitrogen and oxygen atoms in total. The van der Waals surface area contributed by atoms with Crippen LogP contribution in [0.15, 0.2) is 28.7 Å². The van der Waals surface area contributed by atoms with E-state index >= 15 is 0 Å². The minimum absolute atomic E-state index is 0.142. The highest BCUT2D eigenvalue weighted by molar-refractivity contribution is 9.10. The third kappa shape index (κ3) is 4.41. The van der Waals surface area contributed by atoms with Crippen LogP contribution in [-0.4, -0.2) is 43.0 Å². The molecule has 0 amide bonds. The zero-order valence-electron chi connectivity index (χ0n) is 12.0. The highest BCUT2D eigenvalue weighted by atomic mass is 79.9. The minimum Gasteiger partial charge on any atom is -0.383 e. The minimum atomic E-state index is -0.142. The number of likely N-dealkylation sites (N-methyl/N-ethyl adjacent to an activating group) is 1. The lowest BCUT2D eigenvalue weighted by Crippen LogP contribution is -2.46. The van der Waals surface area contributed by atoms with Crippen molar-refractivity contribution in [3.05, 3.63) is 34.3 Å². The first-order valence-corrected chi connectivity index (χ1v) is 7.35. The van der Waals surface area contributed by atoms with Crippen LogP contribution in [0.1, 0.15) is 31.1 Å². The number of carbonyl (C=O) groups excluding carboxylic acids is 1. The summed E-state index contributed by atoms with van der Waals surface area (Å²) in [4.78, 5) is 14.6. The van der Waals surface area contributed by atoms with Gasteiger partial charge in [0, 0.05) is 23.2 Å². The van der Waals surface area contributed by atoms with Crippen molar-refractivity contribution < 1.29 is 9.53 Å². The van der Waals surface area contributed by atoms with Gasteiger partial charge in [-0.15, -0.1) is 0 Å². The van der Waals surface area contributed by atoms with E-state index in [-0.39, 0.29) is 17.9 Å². The maximum absolute atomic E-state index is 12.5. The third-order valence-electron chi connectivity index (χ3n) is 3.34. The predicted octanol–water partition coefficient (Wildman–Crippen LogP) is 3.38. The van der Waals surface area contributed by atoms with Crippen LogP contribution in [0.5, 0.6) is 0 Å². The molecule has 2 unspecified atom stereocenters. The van der Waals surface area contributed by atoms with E-state index < -0.39 is 0 Å². The summed E-state index contributed by atoms with van der Waals surface area (Å²) in [5, 5.41) is 0. The SMILES string of the molecule is CCN(C(C)COC)C(C)C(=O)c1ccc(Br)cc1. The van der Waals surface area contributed by atoms with Gasteiger partial charge in [-0.3, -0.25) is 9.69 Å². The van der Waals surface area contributed by atoms with E-state index in [2.05, 4.69) is 34.7 Å². The number of ether oxygens (including phenoxy) is 1. The average Bonchev–Trinajstić information content (AvgIpc) is 2.39. The molecule has 1 rings (SSSR count). The fourth-order valence-corrected chi connectivity index (χ4v) is 2.57. The summed E-state index contributed by atoms with van der Waals surface area (Å²) >= 11 is 3.38. The zero-order valence-corrected chi connectivity index (χ0v) is 13.6. The predicted molar refractivity (Wildman–Crippen MR) is 81.7 cm³/mol. The lowest BCUT2D eigenvalue weighted by Gasteiger charge is -2.32. The topological polar surface area (TPSA) is 29.5 Å². The van der Waals surface area contributed by atoms with Crippen LogP contribution in [-0.2, 0) is 4.74 Å². The maximum atomic E-state index is 12.5. The molecule has 106 valence electrons. The number of hydrogen-bond donors (Lipinski definition) is 0. The molecule has 4 heteroatoms. The summed E-state index contributed by atoms with van der Waals surface area (Å²) in [5.41, 5.74) is 0.749. The van der Waals surface area contributed by atoms with Gasteiger partial charge < -0.3 is 4.74 Å². The summed E-state index contributed by atoms with van der Waals surface area (Å²) in [6.45, 7) is 7.57. The Morgan fingerprint density at radius 3 is 2.37 bits per heavy atom. The average molecular weight is 328 g/mol. The molecule has 1 aromatic carbocycles. The Morgan fingerprint density at radius 2 is 1.89 bits per heavy atom. The van der Waals surface area contributed by atoms with Crippen LogP contribution in [0.4, 0.5) is 0 Å². The maximum Gasteiger partial charge on any atom is 0.179 e. The molecule has 2 atom stereocenters. The van der Waals surface area contributed by atoms with Crippen molar-refractivity contribution in [3.8, 4) is 0 Å². The van der Waals surface area contributed by atoms with Gasteiger partial charge in [0.1, 0.15) is 0 Å². The first kappa shape index (κ1) is 16.3. The van der Waals surface area contributed by atoms with E-state index in [9.17, 15) is 4.79 Å². The molecule has 0 bridgehead atoms. The van der Waals surface area contributed by atoms with Gasteiger partial charge in [0.2, 0.25) is 0 Å². The molecular formula is C15H22BrNO2. The Hall–Kier alpha value is -0.710. The summed E-state index contributed by atoms with van der Waals surface area (Å²) < 4.78 is 6.16. The van der Waals surface area contributed by atoms with Crippen LogP contribution in [0, 0.1) is 0 Å². The molecule has 0 radical (unpaired) electrons. The number of rotatable bonds is 7. The first-order chi connectivity index (χ1) is 9.01. The number of nitrogens with zero attached hydrogens (tertiary/aromatic N) is 1. The molecule has 0 heterocycles. The molecule has 1 aromatic rings. The molecule has 0 saturated carbocycles. The highest BCUT2D eigenvalue weighted by Gasteiger charge is 2.25. The Balaban J connectivity index is 2.82. The molecule has 0 N–H and O–H groups in total. The number of carbonyl (C=O) groups is 1. The number of halogens is 1. The Kier molecular flexibility index (Phi) is 6.69. The molecule has 0 saturated heterocycles. The van der Waals surface area contributed by atoms with Crippen molar-refractivity contribution >= 4 is 21.7 Å². The lowest BCUT2D eigenvalue weighted by atomic mass is 10.0. The number of benzene rings is 1. The van der Waals surface area contributed by atoms with Crippen LogP contribution < -0.4 is 0 Å². The van der Waals surface area contributed by atoms with Crippen LogP contribution in [0.3, 0.4) is 0 Å². The zero-order chi connectivity index (χ0) is 14.4. The normalized spacial score (nSPS) is 14.4. The van der Waals surface area contributed by atoms with E-state index in [0.29, 0.717) is 6.61 Å². The van der Waals surface area contributed by atoms with Gasteiger partial charge in [-0.2, -0.15) is 0 Å². The van der Waals surface area contributed by atoms with Crippen LogP contribution >= 0.6 is 15.9 Å². The van der Waals surface area contributed by atoms with E-state index in [1.54, 1.807) is 7.11 Å². The molecule has 19 heavy (non-hydrogen) atoms. The summed E-state index contributed by atoms with van der Waals surface area (Å²) in [6, 6.07) is 7.60. The van der Waals surface area contributed by atoms with E-state index in [1.807, 2.05) is 31.2 Å². The standard InChI is InChI=1S/C15H22BrNO2/c1-5-17(11(2)10-19-4)12(3)15(18)13-6-8-14(16)9-7-13/h6-9,11-12H,5,10H2,1-4H3. The second-order valence-electron chi connectivity index (χ2n) is 4.68. The van der Waals surface area contributed by atoms with Gasteiger partial charge in [-0.25, -0.2) is 0 Å². The number of hydrogen-bond acceptors (Lipinski definition) is 3. The smallest absolute Gasteiger partial charge is 0.179 e. The van der Waals surface area contributed by atoms with Crippen molar-refractivity contribution in [2.45, 2.75) is 32.9 Å². The molecule has 0 aliphatic carbocycles. The van der Waals surface area contributed by atoms with Crippen molar-refractivity contribution in [2.75, 3.05) is 20.3 Å². The second kappa shape index (κ2) is 7.78.